The molecule has 2 rings (SSSR count). The Bertz CT molecular complexity index is 441. The van der Waals surface area contributed by atoms with Crippen LogP contribution in [0.15, 0.2) is 27.8 Å². The van der Waals surface area contributed by atoms with Gasteiger partial charge in [-0.25, -0.2) is 0 Å². The number of hydrogen-bond acceptors (Lipinski definition) is 4. The lowest BCUT2D eigenvalue weighted by atomic mass is 10.3. The predicted octanol–water partition coefficient (Wildman–Crippen LogP) is 1.49. The second kappa shape index (κ2) is 10.3. The summed E-state index contributed by atoms with van der Waals surface area (Å²) in [5.41, 5.74) is 0. The van der Waals surface area contributed by atoms with Crippen LogP contribution in [0.1, 0.15) is 26.0 Å². The molecule has 1 fully saturated rings. The fourth-order valence-corrected chi connectivity index (χ4v) is 2.37. The highest BCUT2D eigenvalue weighted by Gasteiger charge is 2.09. The molecule has 1 atom stereocenters. The summed E-state index contributed by atoms with van der Waals surface area (Å²) in [6.07, 6.45) is 3.64. The summed E-state index contributed by atoms with van der Waals surface area (Å²) in [5, 5.41) is 6.85. The topological polar surface area (TPSA) is 62.0 Å². The predicted molar refractivity (Wildman–Crippen MR) is 92.9 cm³/mol. The lowest BCUT2D eigenvalue weighted by molar-refractivity contribution is 0.0394. The first-order chi connectivity index (χ1) is 11.3. The molecule has 0 bridgehead atoms. The maximum absolute atomic E-state index is 5.37. The van der Waals surface area contributed by atoms with Gasteiger partial charge in [-0.2, -0.15) is 0 Å². The molecule has 1 saturated heterocycles. The van der Waals surface area contributed by atoms with Gasteiger partial charge in [0.1, 0.15) is 5.76 Å². The molecule has 0 aromatic carbocycles. The molecule has 0 radical (unpaired) electrons. The zero-order valence-corrected chi connectivity index (χ0v) is 14.4. The van der Waals surface area contributed by atoms with Crippen LogP contribution in [-0.4, -0.2) is 62.8 Å². The summed E-state index contributed by atoms with van der Waals surface area (Å²) < 4.78 is 10.7. The van der Waals surface area contributed by atoms with Crippen LogP contribution >= 0.6 is 0 Å². The van der Waals surface area contributed by atoms with Crippen molar-refractivity contribution in [2.24, 2.45) is 4.99 Å². The second-order valence-electron chi connectivity index (χ2n) is 5.89. The van der Waals surface area contributed by atoms with E-state index >= 15 is 0 Å². The standard InChI is InChI=1S/C17H30N4O2/c1-3-15(2)20-17(18-7-6-16-5-4-12-23-16)19-8-9-21-10-13-22-14-11-21/h4-5,12,15H,3,6-11,13-14H2,1-2H3,(H2,18,19,20). The molecule has 0 aliphatic carbocycles. The van der Waals surface area contributed by atoms with Crippen LogP contribution in [0.2, 0.25) is 0 Å². The maximum atomic E-state index is 5.37. The molecule has 0 spiro atoms. The smallest absolute Gasteiger partial charge is 0.191 e. The van der Waals surface area contributed by atoms with E-state index in [4.69, 9.17) is 14.1 Å². The van der Waals surface area contributed by atoms with E-state index < -0.39 is 0 Å². The van der Waals surface area contributed by atoms with Crippen LogP contribution < -0.4 is 10.6 Å². The Morgan fingerprint density at radius 2 is 2.22 bits per heavy atom. The van der Waals surface area contributed by atoms with Crippen molar-refractivity contribution in [2.75, 3.05) is 45.9 Å². The average Bonchev–Trinajstić information content (AvgIpc) is 3.09. The third-order valence-corrected chi connectivity index (χ3v) is 4.03. The highest BCUT2D eigenvalue weighted by molar-refractivity contribution is 5.80. The zero-order chi connectivity index (χ0) is 16.3. The monoisotopic (exact) mass is 322 g/mol. The number of morpholine rings is 1. The molecule has 2 N–H and O–H groups in total. The largest absolute Gasteiger partial charge is 0.469 e. The number of nitrogens with one attached hydrogen (secondary N) is 2. The SMILES string of the molecule is CCC(C)NC(=NCCN1CCOCC1)NCCc1ccco1. The highest BCUT2D eigenvalue weighted by atomic mass is 16.5. The molecular weight excluding hydrogens is 292 g/mol. The fraction of sp³-hybridized carbons (Fsp3) is 0.706. The number of nitrogens with zero attached hydrogens (tertiary/aromatic N) is 2. The number of hydrogen-bond donors (Lipinski definition) is 2. The fourth-order valence-electron chi connectivity index (χ4n) is 2.37. The maximum Gasteiger partial charge on any atom is 0.191 e. The van der Waals surface area contributed by atoms with Crippen molar-refractivity contribution < 1.29 is 9.15 Å². The molecule has 0 saturated carbocycles. The molecule has 1 unspecified atom stereocenters. The van der Waals surface area contributed by atoms with Crippen molar-refractivity contribution in [3.05, 3.63) is 24.2 Å². The summed E-state index contributed by atoms with van der Waals surface area (Å²) >= 11 is 0. The Morgan fingerprint density at radius 1 is 1.39 bits per heavy atom. The minimum Gasteiger partial charge on any atom is -0.469 e. The van der Waals surface area contributed by atoms with E-state index in [1.807, 2.05) is 12.1 Å². The summed E-state index contributed by atoms with van der Waals surface area (Å²) in [4.78, 5) is 7.11. The van der Waals surface area contributed by atoms with Crippen molar-refractivity contribution in [2.45, 2.75) is 32.7 Å². The van der Waals surface area contributed by atoms with Crippen molar-refractivity contribution in [3.63, 3.8) is 0 Å². The molecule has 1 aliphatic heterocycles. The van der Waals surface area contributed by atoms with E-state index in [0.717, 1.165) is 70.5 Å². The summed E-state index contributed by atoms with van der Waals surface area (Å²) in [6, 6.07) is 4.33. The van der Waals surface area contributed by atoms with Crippen molar-refractivity contribution in [1.29, 1.82) is 0 Å². The van der Waals surface area contributed by atoms with E-state index in [1.165, 1.54) is 0 Å². The van der Waals surface area contributed by atoms with Crippen molar-refractivity contribution in [1.82, 2.24) is 15.5 Å². The molecule has 1 aromatic rings. The number of ether oxygens (including phenoxy) is 1. The number of rotatable bonds is 8. The molecule has 0 amide bonds. The van der Waals surface area contributed by atoms with Crippen LogP contribution in [0.25, 0.3) is 0 Å². The minimum atomic E-state index is 0.410. The Kier molecular flexibility index (Phi) is 7.97. The third kappa shape index (κ3) is 7.05. The summed E-state index contributed by atoms with van der Waals surface area (Å²) in [7, 11) is 0. The normalized spacial score (nSPS) is 17.9. The van der Waals surface area contributed by atoms with E-state index in [1.54, 1.807) is 6.26 Å². The van der Waals surface area contributed by atoms with Gasteiger partial charge in [-0.15, -0.1) is 0 Å². The minimum absolute atomic E-state index is 0.410. The average molecular weight is 322 g/mol. The molecule has 130 valence electrons. The van der Waals surface area contributed by atoms with Gasteiger partial charge in [0.05, 0.1) is 26.0 Å². The third-order valence-electron chi connectivity index (χ3n) is 4.03. The van der Waals surface area contributed by atoms with Gasteiger partial charge in [0.15, 0.2) is 5.96 Å². The van der Waals surface area contributed by atoms with E-state index in [-0.39, 0.29) is 0 Å². The lowest BCUT2D eigenvalue weighted by Gasteiger charge is -2.26. The van der Waals surface area contributed by atoms with Gasteiger partial charge < -0.3 is 19.8 Å². The summed E-state index contributed by atoms with van der Waals surface area (Å²) in [6.45, 7) is 10.6. The molecule has 6 heteroatoms. The Morgan fingerprint density at radius 3 is 2.91 bits per heavy atom. The Balaban J connectivity index is 1.75. The molecule has 23 heavy (non-hydrogen) atoms. The molecular formula is C17H30N4O2. The van der Waals surface area contributed by atoms with Crippen molar-refractivity contribution in [3.8, 4) is 0 Å². The Labute approximate surface area is 139 Å². The quantitative estimate of drug-likeness (QED) is 0.561. The number of furan rings is 1. The van der Waals surface area contributed by atoms with E-state index in [0.29, 0.717) is 6.04 Å². The number of guanidine groups is 1. The molecule has 1 aliphatic rings. The van der Waals surface area contributed by atoms with Crippen molar-refractivity contribution >= 4 is 5.96 Å². The molecule has 1 aromatic heterocycles. The van der Waals surface area contributed by atoms with Crippen LogP contribution in [0.4, 0.5) is 0 Å². The van der Waals surface area contributed by atoms with Gasteiger partial charge in [-0.1, -0.05) is 6.92 Å². The zero-order valence-electron chi connectivity index (χ0n) is 14.4. The van der Waals surface area contributed by atoms with Crippen LogP contribution in [-0.2, 0) is 11.2 Å². The molecule has 6 nitrogen and oxygen atoms in total. The number of aliphatic imine (C=N–C) groups is 1. The summed E-state index contributed by atoms with van der Waals surface area (Å²) in [5.74, 6) is 1.88. The Hall–Kier alpha value is -1.53. The first-order valence-electron chi connectivity index (χ1n) is 8.65. The van der Waals surface area contributed by atoms with E-state index in [9.17, 15) is 0 Å². The molecule has 2 heterocycles. The lowest BCUT2D eigenvalue weighted by Crippen LogP contribution is -2.43. The van der Waals surface area contributed by atoms with Crippen LogP contribution in [0.3, 0.4) is 0 Å². The van der Waals surface area contributed by atoms with Gasteiger partial charge in [0.25, 0.3) is 0 Å². The van der Waals surface area contributed by atoms with Gasteiger partial charge in [-0.3, -0.25) is 9.89 Å². The highest BCUT2D eigenvalue weighted by Crippen LogP contribution is 2.00. The van der Waals surface area contributed by atoms with Gasteiger partial charge in [-0.05, 0) is 25.5 Å². The second-order valence-corrected chi connectivity index (χ2v) is 5.89. The van der Waals surface area contributed by atoms with Crippen LogP contribution in [0.5, 0.6) is 0 Å². The van der Waals surface area contributed by atoms with Gasteiger partial charge >= 0.3 is 0 Å². The first-order valence-corrected chi connectivity index (χ1v) is 8.65. The van der Waals surface area contributed by atoms with Gasteiger partial charge in [0.2, 0.25) is 0 Å². The van der Waals surface area contributed by atoms with Crippen LogP contribution in [0, 0.1) is 0 Å². The first kappa shape index (κ1) is 17.8. The van der Waals surface area contributed by atoms with E-state index in [2.05, 4.69) is 29.4 Å². The van der Waals surface area contributed by atoms with Gasteiger partial charge in [0, 0.05) is 38.6 Å².